The summed E-state index contributed by atoms with van der Waals surface area (Å²) in [6, 6.07) is 16.6. The van der Waals surface area contributed by atoms with Crippen LogP contribution in [0.25, 0.3) is 0 Å². The van der Waals surface area contributed by atoms with Crippen molar-refractivity contribution in [3.05, 3.63) is 95.3 Å². The second kappa shape index (κ2) is 14.3. The zero-order valence-corrected chi connectivity index (χ0v) is 23.3. The van der Waals surface area contributed by atoms with Crippen molar-refractivity contribution in [2.24, 2.45) is 0 Å². The minimum atomic E-state index is -1.28. The van der Waals surface area contributed by atoms with Crippen LogP contribution in [0.5, 0.6) is 5.75 Å². The smallest absolute Gasteiger partial charge is 0.325 e. The predicted octanol–water partition coefficient (Wildman–Crippen LogP) is 4.25. The zero-order valence-electron chi connectivity index (χ0n) is 23.3. The van der Waals surface area contributed by atoms with Gasteiger partial charge >= 0.3 is 6.03 Å². The van der Waals surface area contributed by atoms with Gasteiger partial charge in [-0.2, -0.15) is 0 Å². The molecular weight excluding hydrogens is 541 g/mol. The van der Waals surface area contributed by atoms with Crippen LogP contribution in [0, 0.1) is 18.2 Å². The van der Waals surface area contributed by atoms with E-state index in [1.165, 1.54) is 12.1 Å². The highest BCUT2D eigenvalue weighted by atomic mass is 19.1. The van der Waals surface area contributed by atoms with E-state index in [1.807, 2.05) is 6.07 Å². The largest absolute Gasteiger partial charge is 0.491 e. The molecule has 10 heteroatoms. The lowest BCUT2D eigenvalue weighted by molar-refractivity contribution is -0.134. The lowest BCUT2D eigenvalue weighted by Gasteiger charge is -2.30. The van der Waals surface area contributed by atoms with Gasteiger partial charge < -0.3 is 24.8 Å². The molecule has 2 N–H and O–H groups in total. The summed E-state index contributed by atoms with van der Waals surface area (Å²) in [6.45, 7) is 3.41. The maximum absolute atomic E-state index is 14.7. The Hall–Kier alpha value is -4.72. The van der Waals surface area contributed by atoms with E-state index < -0.39 is 41.7 Å². The number of rotatable bonds is 13. The molecule has 218 valence electrons. The predicted molar refractivity (Wildman–Crippen MR) is 154 cm³/mol. The highest BCUT2D eigenvalue weighted by molar-refractivity contribution is 6.10. The van der Waals surface area contributed by atoms with Gasteiger partial charge in [-0.05, 0) is 41.5 Å². The Labute approximate surface area is 243 Å². The second-order valence-electron chi connectivity index (χ2n) is 9.59. The molecule has 0 aromatic heterocycles. The van der Waals surface area contributed by atoms with E-state index in [9.17, 15) is 18.8 Å². The molecule has 4 rings (SSSR count). The van der Waals surface area contributed by atoms with Crippen molar-refractivity contribution in [1.82, 2.24) is 10.2 Å². The van der Waals surface area contributed by atoms with Crippen LogP contribution in [0.3, 0.4) is 0 Å². The van der Waals surface area contributed by atoms with Gasteiger partial charge in [-0.3, -0.25) is 9.59 Å². The fourth-order valence-corrected chi connectivity index (χ4v) is 4.62. The number of imide groups is 1. The van der Waals surface area contributed by atoms with E-state index in [4.69, 9.17) is 20.6 Å². The van der Waals surface area contributed by atoms with Gasteiger partial charge in [-0.15, -0.1) is 6.42 Å². The summed E-state index contributed by atoms with van der Waals surface area (Å²) in [5.74, 6) is 0.223. The quantitative estimate of drug-likeness (QED) is 0.180. The molecule has 1 saturated heterocycles. The van der Waals surface area contributed by atoms with Crippen LogP contribution < -0.4 is 15.4 Å². The first-order valence-electron chi connectivity index (χ1n) is 13.4. The number of anilines is 1. The number of benzene rings is 3. The van der Waals surface area contributed by atoms with Crippen molar-refractivity contribution in [2.75, 3.05) is 38.9 Å². The number of terminal acetylenes is 1. The normalized spacial score (nSPS) is 16.0. The van der Waals surface area contributed by atoms with Crippen LogP contribution >= 0.6 is 0 Å². The first kappa shape index (κ1) is 30.2. The number of hydrogen-bond acceptors (Lipinski definition) is 6. The Morgan fingerprint density at radius 2 is 1.76 bits per heavy atom. The van der Waals surface area contributed by atoms with Crippen LogP contribution in [-0.4, -0.2) is 62.3 Å². The Balaban J connectivity index is 1.53. The summed E-state index contributed by atoms with van der Waals surface area (Å²) in [6.07, 6.45) is 5.34. The first-order valence-corrected chi connectivity index (χ1v) is 13.4. The average molecular weight is 574 g/mol. The van der Waals surface area contributed by atoms with Crippen molar-refractivity contribution >= 4 is 23.5 Å². The fraction of sp³-hybridized carbons (Fsp3) is 0.281. The number of carbonyl (C=O) groups excluding carboxylic acids is 3. The van der Waals surface area contributed by atoms with Crippen LogP contribution in [0.4, 0.5) is 14.9 Å². The van der Waals surface area contributed by atoms with Gasteiger partial charge in [-0.25, -0.2) is 14.1 Å². The molecule has 3 aromatic carbocycles. The van der Waals surface area contributed by atoms with Gasteiger partial charge in [0.1, 0.15) is 30.3 Å². The Bertz CT molecular complexity index is 1440. The minimum Gasteiger partial charge on any atom is -0.491 e. The fourth-order valence-electron chi connectivity index (χ4n) is 4.62. The molecule has 0 spiro atoms. The molecule has 42 heavy (non-hydrogen) atoms. The summed E-state index contributed by atoms with van der Waals surface area (Å²) in [4.78, 5) is 41.5. The van der Waals surface area contributed by atoms with Gasteiger partial charge in [0.25, 0.3) is 5.91 Å². The zero-order chi connectivity index (χ0) is 30.1. The van der Waals surface area contributed by atoms with Crippen LogP contribution in [-0.2, 0) is 19.1 Å². The van der Waals surface area contributed by atoms with E-state index in [0.717, 1.165) is 16.5 Å². The topological polar surface area (TPSA) is 106 Å². The van der Waals surface area contributed by atoms with E-state index in [1.54, 1.807) is 62.6 Å². The van der Waals surface area contributed by atoms with Crippen molar-refractivity contribution in [3.8, 4) is 18.1 Å². The number of nitrogens with zero attached hydrogens (tertiary/aromatic N) is 1. The van der Waals surface area contributed by atoms with Gasteiger partial charge in [0.2, 0.25) is 5.91 Å². The summed E-state index contributed by atoms with van der Waals surface area (Å²) in [5, 5.41) is 5.22. The minimum absolute atomic E-state index is 0.118. The number of ether oxygens (including phenoxy) is 3. The monoisotopic (exact) mass is 573 g/mol. The molecular formula is C32H32FN3O6. The summed E-state index contributed by atoms with van der Waals surface area (Å²) < 4.78 is 30.6. The van der Waals surface area contributed by atoms with E-state index in [0.29, 0.717) is 43.3 Å². The maximum Gasteiger partial charge on any atom is 0.325 e. The Morgan fingerprint density at radius 3 is 2.43 bits per heavy atom. The first-order chi connectivity index (χ1) is 20.3. The SMILES string of the molecule is C#Cc1ccc(NC(=O)C(C(C)c2ccccc2)N2C(=O)N[C@H](c3ccc(OCCOCCOC)cc3)C2=O)c(F)c1. The standard InChI is InChI=1S/C32H32FN3O6/c1-4-22-10-15-27(26(33)20-22)34-30(37)29(21(2)23-8-6-5-7-9-23)36-31(38)28(35-32(36)39)24-11-13-25(14-12-24)42-19-18-41-17-16-40-3/h1,5-15,20-21,28-29H,16-19H2,2-3H3,(H,34,37)(H,35,39)/t21?,28-,29?/m1/s1. The summed E-state index contributed by atoms with van der Waals surface area (Å²) >= 11 is 0. The van der Waals surface area contributed by atoms with Crippen LogP contribution in [0.1, 0.15) is 35.6 Å². The highest BCUT2D eigenvalue weighted by Crippen LogP contribution is 2.32. The van der Waals surface area contributed by atoms with Gasteiger partial charge in [-0.1, -0.05) is 55.3 Å². The average Bonchev–Trinajstić information content (AvgIpc) is 3.29. The number of hydrogen-bond donors (Lipinski definition) is 2. The molecule has 4 amide bonds. The van der Waals surface area contributed by atoms with E-state index in [-0.39, 0.29) is 5.69 Å². The van der Waals surface area contributed by atoms with E-state index >= 15 is 0 Å². The molecule has 0 radical (unpaired) electrons. The third-order valence-electron chi connectivity index (χ3n) is 6.85. The van der Waals surface area contributed by atoms with Crippen LogP contribution in [0.2, 0.25) is 0 Å². The number of methoxy groups -OCH3 is 1. The molecule has 2 unspecified atom stereocenters. The van der Waals surface area contributed by atoms with Crippen LogP contribution in [0.15, 0.2) is 72.8 Å². The lowest BCUT2D eigenvalue weighted by atomic mass is 9.91. The number of urea groups is 1. The molecule has 1 aliphatic rings. The second-order valence-corrected chi connectivity index (χ2v) is 9.59. The number of nitrogens with one attached hydrogen (secondary N) is 2. The molecule has 3 atom stereocenters. The van der Waals surface area contributed by atoms with Crippen molar-refractivity contribution in [1.29, 1.82) is 0 Å². The Kier molecular flexibility index (Phi) is 10.3. The summed E-state index contributed by atoms with van der Waals surface area (Å²) in [5.41, 5.74) is 1.43. The molecule has 0 saturated carbocycles. The van der Waals surface area contributed by atoms with Gasteiger partial charge in [0, 0.05) is 18.6 Å². The molecule has 0 bridgehead atoms. The number of amides is 4. The summed E-state index contributed by atoms with van der Waals surface area (Å²) in [7, 11) is 1.60. The molecule has 1 heterocycles. The third kappa shape index (κ3) is 7.13. The molecule has 1 fully saturated rings. The Morgan fingerprint density at radius 1 is 1.05 bits per heavy atom. The third-order valence-corrected chi connectivity index (χ3v) is 6.85. The van der Waals surface area contributed by atoms with Gasteiger partial charge in [0.05, 0.1) is 25.5 Å². The van der Waals surface area contributed by atoms with Crippen molar-refractivity contribution < 1.29 is 33.0 Å². The maximum atomic E-state index is 14.7. The molecule has 0 aliphatic carbocycles. The number of carbonyl (C=O) groups is 3. The van der Waals surface area contributed by atoms with Crippen molar-refractivity contribution in [2.45, 2.75) is 24.9 Å². The number of halogens is 1. The van der Waals surface area contributed by atoms with Gasteiger partial charge in [0.15, 0.2) is 0 Å². The molecule has 1 aliphatic heterocycles. The molecule has 9 nitrogen and oxygen atoms in total. The molecule has 3 aromatic rings. The highest BCUT2D eigenvalue weighted by Gasteiger charge is 2.47. The van der Waals surface area contributed by atoms with E-state index in [2.05, 4.69) is 16.6 Å². The lowest BCUT2D eigenvalue weighted by Crippen LogP contribution is -2.50. The van der Waals surface area contributed by atoms with Crippen molar-refractivity contribution in [3.63, 3.8) is 0 Å².